The molecule has 1 aromatic rings. The van der Waals surface area contributed by atoms with Crippen molar-refractivity contribution in [3.63, 3.8) is 0 Å². The summed E-state index contributed by atoms with van der Waals surface area (Å²) in [4.78, 5) is 0. The zero-order chi connectivity index (χ0) is 14.7. The summed E-state index contributed by atoms with van der Waals surface area (Å²) in [5, 5.41) is 5.10. The Bertz CT molecular complexity index is 443. The molecule has 0 amide bonds. The highest BCUT2D eigenvalue weighted by atomic mass is 35.5. The van der Waals surface area contributed by atoms with Gasteiger partial charge in [0.25, 0.3) is 0 Å². The van der Waals surface area contributed by atoms with Gasteiger partial charge in [-0.1, -0.05) is 11.6 Å². The van der Waals surface area contributed by atoms with Gasteiger partial charge in [0, 0.05) is 26.1 Å². The maximum atomic E-state index is 6.29. The van der Waals surface area contributed by atoms with Crippen molar-refractivity contribution < 1.29 is 4.74 Å². The van der Waals surface area contributed by atoms with Crippen molar-refractivity contribution in [1.82, 2.24) is 15.2 Å². The molecule has 1 saturated carbocycles. The SMILES string of the molecule is CCOC1CC(CC(Cc2c(Cl)c(C)nn2C)NN)C1. The fourth-order valence-electron chi connectivity index (χ4n) is 2.99. The topological polar surface area (TPSA) is 65.1 Å². The van der Waals surface area contributed by atoms with Gasteiger partial charge in [-0.25, -0.2) is 0 Å². The quantitative estimate of drug-likeness (QED) is 0.597. The number of hydrogen-bond acceptors (Lipinski definition) is 4. The van der Waals surface area contributed by atoms with Crippen LogP contribution in [0.25, 0.3) is 0 Å². The van der Waals surface area contributed by atoms with Gasteiger partial charge in [0.15, 0.2) is 0 Å². The van der Waals surface area contributed by atoms with Crippen LogP contribution >= 0.6 is 11.6 Å². The molecule has 6 heteroatoms. The van der Waals surface area contributed by atoms with Gasteiger partial charge in [0.2, 0.25) is 0 Å². The second-order valence-corrected chi connectivity index (χ2v) is 6.07. The summed E-state index contributed by atoms with van der Waals surface area (Å²) < 4.78 is 7.45. The number of halogens is 1. The minimum atomic E-state index is 0.231. The zero-order valence-electron chi connectivity index (χ0n) is 12.5. The Morgan fingerprint density at radius 3 is 2.75 bits per heavy atom. The molecule has 0 radical (unpaired) electrons. The minimum Gasteiger partial charge on any atom is -0.378 e. The first-order valence-corrected chi connectivity index (χ1v) is 7.68. The third kappa shape index (κ3) is 3.52. The van der Waals surface area contributed by atoms with Crippen LogP contribution in [0.15, 0.2) is 0 Å². The summed E-state index contributed by atoms with van der Waals surface area (Å²) in [6, 6.07) is 0.231. The second-order valence-electron chi connectivity index (χ2n) is 5.69. The van der Waals surface area contributed by atoms with Crippen molar-refractivity contribution >= 4 is 11.6 Å². The van der Waals surface area contributed by atoms with E-state index >= 15 is 0 Å². The summed E-state index contributed by atoms with van der Waals surface area (Å²) in [5.74, 6) is 6.39. The number of ether oxygens (including phenoxy) is 1. The predicted octanol–water partition coefficient (Wildman–Crippen LogP) is 1.96. The molecule has 1 atom stereocenters. The molecule has 1 aliphatic rings. The molecule has 114 valence electrons. The Kier molecular flexibility index (Phi) is 5.43. The van der Waals surface area contributed by atoms with Gasteiger partial charge >= 0.3 is 0 Å². The van der Waals surface area contributed by atoms with E-state index in [1.54, 1.807) is 0 Å². The normalized spacial score (nSPS) is 23.6. The van der Waals surface area contributed by atoms with E-state index in [0.29, 0.717) is 12.0 Å². The number of hydrogen-bond donors (Lipinski definition) is 2. The van der Waals surface area contributed by atoms with Crippen LogP contribution in [0.2, 0.25) is 5.02 Å². The monoisotopic (exact) mass is 300 g/mol. The van der Waals surface area contributed by atoms with Crippen LogP contribution in [0.5, 0.6) is 0 Å². The molecular weight excluding hydrogens is 276 g/mol. The summed E-state index contributed by atoms with van der Waals surface area (Å²) in [6.07, 6.45) is 4.60. The Balaban J connectivity index is 1.87. The van der Waals surface area contributed by atoms with E-state index in [2.05, 4.69) is 10.5 Å². The molecule has 3 N–H and O–H groups in total. The lowest BCUT2D eigenvalue weighted by Gasteiger charge is -2.36. The molecule has 1 fully saturated rings. The van der Waals surface area contributed by atoms with Crippen molar-refractivity contribution in [1.29, 1.82) is 0 Å². The second kappa shape index (κ2) is 6.89. The Morgan fingerprint density at radius 2 is 2.25 bits per heavy atom. The van der Waals surface area contributed by atoms with E-state index in [0.717, 1.165) is 48.7 Å². The lowest BCUT2D eigenvalue weighted by Crippen LogP contribution is -2.42. The lowest BCUT2D eigenvalue weighted by atomic mass is 9.77. The third-order valence-corrected chi connectivity index (χ3v) is 4.64. The molecule has 20 heavy (non-hydrogen) atoms. The van der Waals surface area contributed by atoms with Crippen molar-refractivity contribution in [2.24, 2.45) is 18.8 Å². The molecule has 0 aromatic carbocycles. The first kappa shape index (κ1) is 15.8. The highest BCUT2D eigenvalue weighted by Gasteiger charge is 2.31. The molecule has 1 aliphatic carbocycles. The van der Waals surface area contributed by atoms with Crippen LogP contribution in [0, 0.1) is 12.8 Å². The maximum absolute atomic E-state index is 6.29. The first-order valence-electron chi connectivity index (χ1n) is 7.30. The van der Waals surface area contributed by atoms with Gasteiger partial charge in [-0.2, -0.15) is 5.10 Å². The highest BCUT2D eigenvalue weighted by Crippen LogP contribution is 2.34. The van der Waals surface area contributed by atoms with Crippen molar-refractivity contribution in [2.75, 3.05) is 6.61 Å². The molecule has 1 unspecified atom stereocenters. The standard InChI is InChI=1S/C14H25ClN4O/c1-4-20-12-6-10(7-12)5-11(17-16)8-13-14(15)9(2)18-19(13)3/h10-12,17H,4-8,16H2,1-3H3. The van der Waals surface area contributed by atoms with Crippen molar-refractivity contribution in [3.05, 3.63) is 16.4 Å². The molecule has 2 rings (SSSR count). The van der Waals surface area contributed by atoms with Crippen molar-refractivity contribution in [3.8, 4) is 0 Å². The number of nitrogens with one attached hydrogen (secondary N) is 1. The number of aryl methyl sites for hydroxylation is 2. The Morgan fingerprint density at radius 1 is 1.55 bits per heavy atom. The van der Waals surface area contributed by atoms with Gasteiger partial charge in [0.1, 0.15) is 0 Å². The van der Waals surface area contributed by atoms with Crippen LogP contribution in [0.3, 0.4) is 0 Å². The fourth-order valence-corrected chi connectivity index (χ4v) is 3.22. The van der Waals surface area contributed by atoms with E-state index in [1.165, 1.54) is 0 Å². The third-order valence-electron chi connectivity index (χ3n) is 4.15. The molecule has 1 aromatic heterocycles. The summed E-state index contributed by atoms with van der Waals surface area (Å²) >= 11 is 6.29. The Hall–Kier alpha value is -0.620. The van der Waals surface area contributed by atoms with Gasteiger partial charge in [0.05, 0.1) is 22.5 Å². The number of nitrogens with two attached hydrogens (primary N) is 1. The van der Waals surface area contributed by atoms with Crippen LogP contribution < -0.4 is 11.3 Å². The smallest absolute Gasteiger partial charge is 0.0847 e. The van der Waals surface area contributed by atoms with E-state index in [1.807, 2.05) is 25.6 Å². The zero-order valence-corrected chi connectivity index (χ0v) is 13.3. The molecule has 1 heterocycles. The molecule has 0 saturated heterocycles. The Labute approximate surface area is 125 Å². The lowest BCUT2D eigenvalue weighted by molar-refractivity contribution is -0.0290. The fraction of sp³-hybridized carbons (Fsp3) is 0.786. The molecule has 0 spiro atoms. The molecule has 0 bridgehead atoms. The van der Waals surface area contributed by atoms with E-state index < -0.39 is 0 Å². The molecular formula is C14H25ClN4O. The molecule has 0 aliphatic heterocycles. The number of nitrogens with zero attached hydrogens (tertiary/aromatic N) is 2. The maximum Gasteiger partial charge on any atom is 0.0847 e. The number of rotatable bonds is 7. The largest absolute Gasteiger partial charge is 0.378 e. The van der Waals surface area contributed by atoms with Gasteiger partial charge < -0.3 is 4.74 Å². The van der Waals surface area contributed by atoms with Gasteiger partial charge in [-0.05, 0) is 39.0 Å². The summed E-state index contributed by atoms with van der Waals surface area (Å²) in [5.41, 5.74) is 4.84. The van der Waals surface area contributed by atoms with Crippen molar-refractivity contribution in [2.45, 2.75) is 51.7 Å². The summed E-state index contributed by atoms with van der Waals surface area (Å²) in [6.45, 7) is 4.78. The van der Waals surface area contributed by atoms with Gasteiger partial charge in [-0.15, -0.1) is 0 Å². The van der Waals surface area contributed by atoms with Crippen LogP contribution in [-0.4, -0.2) is 28.5 Å². The van der Waals surface area contributed by atoms with E-state index in [4.69, 9.17) is 22.2 Å². The van der Waals surface area contributed by atoms with E-state index in [-0.39, 0.29) is 6.04 Å². The van der Waals surface area contributed by atoms with Gasteiger partial charge in [-0.3, -0.25) is 16.0 Å². The average Bonchev–Trinajstić information content (AvgIpc) is 2.61. The predicted molar refractivity (Wildman–Crippen MR) is 80.5 cm³/mol. The number of aromatic nitrogens is 2. The summed E-state index contributed by atoms with van der Waals surface area (Å²) in [7, 11) is 1.93. The number of hydrazine groups is 1. The minimum absolute atomic E-state index is 0.231. The average molecular weight is 301 g/mol. The first-order chi connectivity index (χ1) is 9.55. The van der Waals surface area contributed by atoms with E-state index in [9.17, 15) is 0 Å². The highest BCUT2D eigenvalue weighted by molar-refractivity contribution is 6.31. The van der Waals surface area contributed by atoms with Crippen LogP contribution in [-0.2, 0) is 18.2 Å². The van der Waals surface area contributed by atoms with Crippen LogP contribution in [0.4, 0.5) is 0 Å². The molecule has 5 nitrogen and oxygen atoms in total. The van der Waals surface area contributed by atoms with Crippen LogP contribution in [0.1, 0.15) is 37.6 Å².